The zero-order valence-electron chi connectivity index (χ0n) is 7.70. The van der Waals surface area contributed by atoms with Gasteiger partial charge in [-0.15, -0.1) is 0 Å². The second kappa shape index (κ2) is 4.39. The molecular weight excluding hydrogens is 166 g/mol. The highest BCUT2D eigenvalue weighted by atomic mass is 16.5. The first-order valence-electron chi connectivity index (χ1n) is 4.76. The van der Waals surface area contributed by atoms with E-state index in [-0.39, 0.29) is 0 Å². The summed E-state index contributed by atoms with van der Waals surface area (Å²) in [7, 11) is 0. The molecule has 1 fully saturated rings. The van der Waals surface area contributed by atoms with Crippen LogP contribution in [0.3, 0.4) is 0 Å². The van der Waals surface area contributed by atoms with E-state index in [1.807, 2.05) is 0 Å². The van der Waals surface area contributed by atoms with Gasteiger partial charge in [0.05, 0.1) is 6.20 Å². The van der Waals surface area contributed by atoms with Gasteiger partial charge in [0.25, 0.3) is 0 Å². The topological polar surface area (TPSA) is 41.3 Å². The first kappa shape index (κ1) is 8.72. The zero-order chi connectivity index (χ0) is 8.93. The van der Waals surface area contributed by atoms with Crippen LogP contribution in [0.4, 0.5) is 0 Å². The fraction of sp³-hybridized carbons (Fsp3) is 0.667. The standard InChI is InChI=1S/C9H15N3O/c1(9-7-11-13-8-9)4-12-5-2-10-3-6-12/h7-8,10H,1-6H2. The number of piperazine rings is 1. The first-order chi connectivity index (χ1) is 6.45. The lowest BCUT2D eigenvalue weighted by Gasteiger charge is -2.26. The lowest BCUT2D eigenvalue weighted by molar-refractivity contribution is 0.243. The van der Waals surface area contributed by atoms with Gasteiger partial charge in [-0.1, -0.05) is 5.16 Å². The Morgan fingerprint density at radius 3 is 3.00 bits per heavy atom. The second-order valence-corrected chi connectivity index (χ2v) is 3.37. The molecule has 1 saturated heterocycles. The summed E-state index contributed by atoms with van der Waals surface area (Å²) < 4.78 is 4.77. The van der Waals surface area contributed by atoms with Gasteiger partial charge in [0.2, 0.25) is 0 Å². The summed E-state index contributed by atoms with van der Waals surface area (Å²) in [6.45, 7) is 5.66. The maximum absolute atomic E-state index is 4.77. The number of rotatable bonds is 3. The molecule has 0 aliphatic carbocycles. The summed E-state index contributed by atoms with van der Waals surface area (Å²) in [6.07, 6.45) is 4.56. The van der Waals surface area contributed by atoms with Gasteiger partial charge in [-0.25, -0.2) is 0 Å². The summed E-state index contributed by atoms with van der Waals surface area (Å²) in [5, 5.41) is 7.02. The highest BCUT2D eigenvalue weighted by Crippen LogP contribution is 2.00. The maximum atomic E-state index is 4.77. The van der Waals surface area contributed by atoms with Crippen LogP contribution in [0.1, 0.15) is 5.56 Å². The van der Waals surface area contributed by atoms with Crippen LogP contribution < -0.4 is 5.32 Å². The minimum Gasteiger partial charge on any atom is -0.364 e. The molecular formula is C9H15N3O. The van der Waals surface area contributed by atoms with Crippen molar-refractivity contribution >= 4 is 0 Å². The molecule has 0 unspecified atom stereocenters. The minimum atomic E-state index is 1.05. The molecule has 13 heavy (non-hydrogen) atoms. The van der Waals surface area contributed by atoms with E-state index < -0.39 is 0 Å². The molecule has 1 N–H and O–H groups in total. The van der Waals surface area contributed by atoms with E-state index in [4.69, 9.17) is 4.52 Å². The maximum Gasteiger partial charge on any atom is 0.127 e. The third-order valence-electron chi connectivity index (χ3n) is 2.41. The van der Waals surface area contributed by atoms with Crippen LogP contribution in [-0.4, -0.2) is 42.8 Å². The summed E-state index contributed by atoms with van der Waals surface area (Å²) in [4.78, 5) is 2.46. The molecule has 0 bridgehead atoms. The van der Waals surface area contributed by atoms with Crippen LogP contribution >= 0.6 is 0 Å². The third-order valence-corrected chi connectivity index (χ3v) is 2.41. The highest BCUT2D eigenvalue weighted by molar-refractivity contribution is 5.00. The van der Waals surface area contributed by atoms with Crippen LogP contribution in [0, 0.1) is 0 Å². The Morgan fingerprint density at radius 2 is 2.31 bits per heavy atom. The fourth-order valence-corrected chi connectivity index (χ4v) is 1.57. The second-order valence-electron chi connectivity index (χ2n) is 3.37. The van der Waals surface area contributed by atoms with Crippen molar-refractivity contribution in [2.75, 3.05) is 32.7 Å². The van der Waals surface area contributed by atoms with Crippen molar-refractivity contribution in [2.45, 2.75) is 6.42 Å². The fourth-order valence-electron chi connectivity index (χ4n) is 1.57. The normalized spacial score (nSPS) is 19.1. The molecule has 2 heterocycles. The van der Waals surface area contributed by atoms with E-state index in [0.717, 1.165) is 39.1 Å². The Bertz CT molecular complexity index is 229. The minimum absolute atomic E-state index is 1.05. The molecule has 2 rings (SSSR count). The molecule has 1 aliphatic rings. The van der Waals surface area contributed by atoms with Crippen LogP contribution in [0.2, 0.25) is 0 Å². The number of hydrogen-bond acceptors (Lipinski definition) is 4. The predicted octanol–water partition coefficient (Wildman–Crippen LogP) is 0.122. The summed E-state index contributed by atoms with van der Waals surface area (Å²) in [5.74, 6) is 0. The quantitative estimate of drug-likeness (QED) is 0.719. The Balaban J connectivity index is 1.72. The lowest BCUT2D eigenvalue weighted by Crippen LogP contribution is -2.44. The van der Waals surface area contributed by atoms with E-state index in [0.29, 0.717) is 0 Å². The van der Waals surface area contributed by atoms with Gasteiger partial charge in [-0.05, 0) is 6.42 Å². The Morgan fingerprint density at radius 1 is 1.46 bits per heavy atom. The molecule has 0 aromatic carbocycles. The van der Waals surface area contributed by atoms with Crippen molar-refractivity contribution in [1.82, 2.24) is 15.4 Å². The predicted molar refractivity (Wildman–Crippen MR) is 49.5 cm³/mol. The number of nitrogens with one attached hydrogen (secondary N) is 1. The molecule has 1 aliphatic heterocycles. The van der Waals surface area contributed by atoms with E-state index in [9.17, 15) is 0 Å². The van der Waals surface area contributed by atoms with Crippen molar-refractivity contribution in [3.8, 4) is 0 Å². The average Bonchev–Trinajstić information content (AvgIpc) is 2.69. The smallest absolute Gasteiger partial charge is 0.127 e. The molecule has 1 aromatic rings. The molecule has 0 spiro atoms. The Hall–Kier alpha value is -0.870. The van der Waals surface area contributed by atoms with Crippen LogP contribution in [0.15, 0.2) is 17.0 Å². The molecule has 72 valence electrons. The van der Waals surface area contributed by atoms with E-state index in [2.05, 4.69) is 15.4 Å². The molecule has 4 nitrogen and oxygen atoms in total. The lowest BCUT2D eigenvalue weighted by atomic mass is 10.2. The van der Waals surface area contributed by atoms with Gasteiger partial charge in [-0.2, -0.15) is 0 Å². The summed E-state index contributed by atoms with van der Waals surface area (Å²) in [5.41, 5.74) is 1.19. The van der Waals surface area contributed by atoms with Crippen molar-refractivity contribution in [3.05, 3.63) is 18.0 Å². The Kier molecular flexibility index (Phi) is 2.94. The van der Waals surface area contributed by atoms with E-state index in [1.54, 1.807) is 12.5 Å². The SMILES string of the molecule is c1nocc1CCN1CCNCC1. The third kappa shape index (κ3) is 2.54. The van der Waals surface area contributed by atoms with Gasteiger partial charge < -0.3 is 14.7 Å². The van der Waals surface area contributed by atoms with Crippen LogP contribution in [-0.2, 0) is 6.42 Å². The summed E-state index contributed by atoms with van der Waals surface area (Å²) in [6, 6.07) is 0. The number of hydrogen-bond donors (Lipinski definition) is 1. The van der Waals surface area contributed by atoms with Crippen molar-refractivity contribution in [3.63, 3.8) is 0 Å². The van der Waals surface area contributed by atoms with Gasteiger partial charge in [0.1, 0.15) is 6.26 Å². The largest absolute Gasteiger partial charge is 0.364 e. The number of aromatic nitrogens is 1. The van der Waals surface area contributed by atoms with Crippen LogP contribution in [0.25, 0.3) is 0 Å². The molecule has 0 amide bonds. The van der Waals surface area contributed by atoms with Crippen molar-refractivity contribution in [2.24, 2.45) is 0 Å². The van der Waals surface area contributed by atoms with Gasteiger partial charge >= 0.3 is 0 Å². The molecule has 1 aromatic heterocycles. The summed E-state index contributed by atoms with van der Waals surface area (Å²) >= 11 is 0. The highest BCUT2D eigenvalue weighted by Gasteiger charge is 2.08. The van der Waals surface area contributed by atoms with Gasteiger partial charge in [-0.3, -0.25) is 0 Å². The van der Waals surface area contributed by atoms with Crippen molar-refractivity contribution < 1.29 is 4.52 Å². The average molecular weight is 181 g/mol. The van der Waals surface area contributed by atoms with Gasteiger partial charge in [0, 0.05) is 38.3 Å². The Labute approximate surface area is 77.9 Å². The molecule has 0 radical (unpaired) electrons. The zero-order valence-corrected chi connectivity index (χ0v) is 7.70. The van der Waals surface area contributed by atoms with E-state index >= 15 is 0 Å². The van der Waals surface area contributed by atoms with E-state index in [1.165, 1.54) is 5.56 Å². The van der Waals surface area contributed by atoms with Crippen molar-refractivity contribution in [1.29, 1.82) is 0 Å². The van der Waals surface area contributed by atoms with Crippen LogP contribution in [0.5, 0.6) is 0 Å². The molecule has 0 saturated carbocycles. The molecule has 0 atom stereocenters. The van der Waals surface area contributed by atoms with Gasteiger partial charge in [0.15, 0.2) is 0 Å². The number of nitrogens with zero attached hydrogens (tertiary/aromatic N) is 2. The monoisotopic (exact) mass is 181 g/mol. The molecule has 4 heteroatoms. The first-order valence-corrected chi connectivity index (χ1v) is 4.76.